The molecule has 2 heterocycles. The fourth-order valence-corrected chi connectivity index (χ4v) is 4.79. The van der Waals surface area contributed by atoms with Gasteiger partial charge in [0.15, 0.2) is 0 Å². The third-order valence-electron chi connectivity index (χ3n) is 4.77. The average Bonchev–Trinajstić information content (AvgIpc) is 2.74. The van der Waals surface area contributed by atoms with Gasteiger partial charge in [0.05, 0.1) is 12.2 Å². The first kappa shape index (κ1) is 19.4. The highest BCUT2D eigenvalue weighted by Gasteiger charge is 2.27. The fourth-order valence-electron chi connectivity index (χ4n) is 3.25. The summed E-state index contributed by atoms with van der Waals surface area (Å²) < 4.78 is 28.1. The first-order chi connectivity index (χ1) is 13.9. The first-order valence-corrected chi connectivity index (χ1v) is 10.9. The number of fused-ring (bicyclic) bond motifs is 1. The van der Waals surface area contributed by atoms with E-state index in [0.717, 1.165) is 11.1 Å². The topological polar surface area (TPSA) is 79.4 Å². The van der Waals surface area contributed by atoms with Gasteiger partial charge >= 0.3 is 0 Å². The van der Waals surface area contributed by atoms with E-state index in [2.05, 4.69) is 10.3 Å². The molecule has 3 aromatic rings. The van der Waals surface area contributed by atoms with Crippen molar-refractivity contribution in [3.63, 3.8) is 0 Å². The molecule has 0 aliphatic carbocycles. The second kappa shape index (κ2) is 7.85. The van der Waals surface area contributed by atoms with Crippen LogP contribution in [0.2, 0.25) is 5.02 Å². The van der Waals surface area contributed by atoms with Gasteiger partial charge in [0.2, 0.25) is 0 Å². The van der Waals surface area contributed by atoms with Crippen LogP contribution in [0.4, 0.5) is 5.69 Å². The lowest BCUT2D eigenvalue weighted by Crippen LogP contribution is -2.34. The molecule has 1 aliphatic heterocycles. The molecule has 6 nitrogen and oxygen atoms in total. The molecule has 1 aromatic heterocycles. The van der Waals surface area contributed by atoms with Crippen LogP contribution >= 0.6 is 11.6 Å². The zero-order valence-electron chi connectivity index (χ0n) is 15.4. The largest absolute Gasteiger partial charge is 0.352 e. The molecule has 0 spiro atoms. The van der Waals surface area contributed by atoms with Crippen molar-refractivity contribution < 1.29 is 13.2 Å². The molecule has 0 radical (unpaired) electrons. The second-order valence-electron chi connectivity index (χ2n) is 6.67. The van der Waals surface area contributed by atoms with Crippen LogP contribution in [0.15, 0.2) is 71.9 Å². The summed E-state index contributed by atoms with van der Waals surface area (Å²) in [6.45, 7) is 0.669. The van der Waals surface area contributed by atoms with Gasteiger partial charge in [-0.2, -0.15) is 0 Å². The van der Waals surface area contributed by atoms with E-state index in [-0.39, 0.29) is 17.3 Å². The normalized spacial score (nSPS) is 13.5. The Morgan fingerprint density at radius 2 is 1.90 bits per heavy atom. The molecule has 4 rings (SSSR count). The van der Waals surface area contributed by atoms with Crippen LogP contribution in [0.5, 0.6) is 0 Å². The number of hydrogen-bond acceptors (Lipinski definition) is 4. The summed E-state index contributed by atoms with van der Waals surface area (Å²) in [5.41, 5.74) is 2.59. The van der Waals surface area contributed by atoms with Gasteiger partial charge in [0, 0.05) is 29.5 Å². The van der Waals surface area contributed by atoms with E-state index in [1.165, 1.54) is 22.8 Å². The van der Waals surface area contributed by atoms with Crippen molar-refractivity contribution in [2.45, 2.75) is 17.9 Å². The number of sulfonamides is 1. The lowest BCUT2D eigenvalue weighted by molar-refractivity contribution is 0.0946. The smallest absolute Gasteiger partial charge is 0.266 e. The fraction of sp³-hybridized carbons (Fsp3) is 0.143. The van der Waals surface area contributed by atoms with Gasteiger partial charge in [0.1, 0.15) is 4.90 Å². The monoisotopic (exact) mass is 427 g/mol. The van der Waals surface area contributed by atoms with Crippen LogP contribution in [0.1, 0.15) is 21.5 Å². The number of pyridine rings is 1. The summed E-state index contributed by atoms with van der Waals surface area (Å²) >= 11 is 5.96. The predicted octanol–water partition coefficient (Wildman–Crippen LogP) is 3.42. The van der Waals surface area contributed by atoms with E-state index in [4.69, 9.17) is 11.6 Å². The summed E-state index contributed by atoms with van der Waals surface area (Å²) in [4.78, 5) is 16.3. The van der Waals surface area contributed by atoms with Gasteiger partial charge in [-0.25, -0.2) is 8.42 Å². The molecule has 2 aromatic carbocycles. The quantitative estimate of drug-likeness (QED) is 0.676. The van der Waals surface area contributed by atoms with E-state index in [1.807, 2.05) is 6.07 Å². The number of aromatic nitrogens is 1. The van der Waals surface area contributed by atoms with Gasteiger partial charge in [-0.3, -0.25) is 14.1 Å². The highest BCUT2D eigenvalue weighted by Crippen LogP contribution is 2.29. The highest BCUT2D eigenvalue weighted by molar-refractivity contribution is 7.92. The summed E-state index contributed by atoms with van der Waals surface area (Å²) in [6, 6.07) is 15.2. The Morgan fingerprint density at radius 3 is 2.62 bits per heavy atom. The van der Waals surface area contributed by atoms with Crippen LogP contribution in [0, 0.1) is 0 Å². The van der Waals surface area contributed by atoms with E-state index < -0.39 is 10.0 Å². The second-order valence-corrected chi connectivity index (χ2v) is 8.97. The van der Waals surface area contributed by atoms with E-state index in [0.29, 0.717) is 29.2 Å². The maximum absolute atomic E-state index is 13.4. The number of hydrogen-bond donors (Lipinski definition) is 1. The van der Waals surface area contributed by atoms with Crippen LogP contribution in [-0.2, 0) is 23.0 Å². The Labute approximate surface area is 174 Å². The summed E-state index contributed by atoms with van der Waals surface area (Å²) in [6.07, 6.45) is 3.55. The van der Waals surface area contributed by atoms with Crippen LogP contribution in [0.25, 0.3) is 0 Å². The number of nitrogens with zero attached hydrogens (tertiary/aromatic N) is 2. The summed E-state index contributed by atoms with van der Waals surface area (Å²) in [5.74, 6) is -0.196. The van der Waals surface area contributed by atoms with Crippen molar-refractivity contribution in [1.82, 2.24) is 10.3 Å². The zero-order valence-corrected chi connectivity index (χ0v) is 16.9. The Morgan fingerprint density at radius 1 is 1.10 bits per heavy atom. The van der Waals surface area contributed by atoms with Crippen molar-refractivity contribution in [1.29, 1.82) is 0 Å². The molecule has 1 amide bonds. The molecule has 1 aliphatic rings. The molecule has 0 bridgehead atoms. The Hall–Kier alpha value is -2.90. The summed E-state index contributed by atoms with van der Waals surface area (Å²) in [7, 11) is -3.90. The Kier molecular flexibility index (Phi) is 5.25. The van der Waals surface area contributed by atoms with Crippen LogP contribution < -0.4 is 9.62 Å². The number of nitrogens with one attached hydrogen (secondary N) is 1. The van der Waals surface area contributed by atoms with Gasteiger partial charge in [0.25, 0.3) is 15.9 Å². The zero-order chi connectivity index (χ0) is 20.4. The predicted molar refractivity (Wildman–Crippen MR) is 112 cm³/mol. The van der Waals surface area contributed by atoms with Crippen molar-refractivity contribution in [2.24, 2.45) is 0 Å². The molecule has 0 saturated heterocycles. The molecule has 0 fully saturated rings. The summed E-state index contributed by atoms with van der Waals surface area (Å²) in [5, 5.41) is 3.37. The molecule has 148 valence electrons. The van der Waals surface area contributed by atoms with E-state index >= 15 is 0 Å². The third-order valence-corrected chi connectivity index (χ3v) is 6.78. The lowest BCUT2D eigenvalue weighted by Gasteiger charge is -2.26. The highest BCUT2D eigenvalue weighted by atomic mass is 35.5. The maximum Gasteiger partial charge on any atom is 0.266 e. The maximum atomic E-state index is 13.4. The van der Waals surface area contributed by atoms with Crippen molar-refractivity contribution in [3.8, 4) is 0 Å². The van der Waals surface area contributed by atoms with Gasteiger partial charge < -0.3 is 5.32 Å². The Balaban J connectivity index is 1.81. The van der Waals surface area contributed by atoms with Crippen molar-refractivity contribution >= 4 is 33.2 Å². The minimum Gasteiger partial charge on any atom is -0.352 e. The molecule has 29 heavy (non-hydrogen) atoms. The number of amides is 1. The van der Waals surface area contributed by atoms with Gasteiger partial charge in [-0.05, 0) is 53.9 Å². The third kappa shape index (κ3) is 3.97. The molecule has 0 saturated carbocycles. The van der Waals surface area contributed by atoms with Crippen molar-refractivity contribution in [2.75, 3.05) is 10.8 Å². The average molecular weight is 428 g/mol. The van der Waals surface area contributed by atoms with Crippen LogP contribution in [0.3, 0.4) is 0 Å². The first-order valence-electron chi connectivity index (χ1n) is 9.03. The SMILES string of the molecule is O=C1NCCc2ccc(N(Cc3ccc(Cl)cc3)S(=O)(=O)c3cccnc3)cc21. The lowest BCUT2D eigenvalue weighted by atomic mass is 10.00. The molecule has 8 heteroatoms. The molecule has 1 N–H and O–H groups in total. The number of anilines is 1. The number of carbonyl (C=O) groups is 1. The standard InChI is InChI=1S/C21H18ClN3O3S/c22-17-6-3-15(4-7-17)14-25(29(27,28)19-2-1-10-23-13-19)18-8-5-16-9-11-24-21(26)20(16)12-18/h1-8,10,12-13H,9,11,14H2,(H,24,26). The minimum atomic E-state index is -3.90. The number of rotatable bonds is 5. The number of halogens is 1. The molecule has 0 unspecified atom stereocenters. The molecular weight excluding hydrogens is 410 g/mol. The molecular formula is C21H18ClN3O3S. The van der Waals surface area contributed by atoms with Gasteiger partial charge in [-0.1, -0.05) is 29.8 Å². The van der Waals surface area contributed by atoms with Gasteiger partial charge in [-0.15, -0.1) is 0 Å². The van der Waals surface area contributed by atoms with E-state index in [9.17, 15) is 13.2 Å². The molecule has 0 atom stereocenters. The number of carbonyl (C=O) groups excluding carboxylic acids is 1. The Bertz CT molecular complexity index is 1150. The van der Waals surface area contributed by atoms with Crippen LogP contribution in [-0.4, -0.2) is 25.9 Å². The van der Waals surface area contributed by atoms with E-state index in [1.54, 1.807) is 42.5 Å². The number of benzene rings is 2. The minimum absolute atomic E-state index is 0.0798. The van der Waals surface area contributed by atoms with Crippen molar-refractivity contribution in [3.05, 3.63) is 88.7 Å².